The third kappa shape index (κ3) is 4.18. The predicted octanol–water partition coefficient (Wildman–Crippen LogP) is 3.56. The van der Waals surface area contributed by atoms with Crippen LogP contribution in [0.2, 0.25) is 10.0 Å². The Morgan fingerprint density at radius 2 is 2.00 bits per heavy atom. The summed E-state index contributed by atoms with van der Waals surface area (Å²) < 4.78 is 0. The van der Waals surface area contributed by atoms with Crippen molar-refractivity contribution in [3.05, 3.63) is 56.4 Å². The number of nitrogens with one attached hydrogen (secondary N) is 2. The molecule has 1 atom stereocenters. The molecule has 1 amide bonds. The van der Waals surface area contributed by atoms with Gasteiger partial charge in [-0.3, -0.25) is 4.98 Å². The molecule has 0 unspecified atom stereocenters. The second kappa shape index (κ2) is 7.96. The van der Waals surface area contributed by atoms with Gasteiger partial charge in [0.2, 0.25) is 0 Å². The second-order valence-electron chi connectivity index (χ2n) is 7.11. The molecule has 1 aromatic carbocycles. The standard InChI is InChI=1S/C19H19Cl2N5O3/c20-13-2-1-3-14(21)12(13)10-26(9-11-6-7-25(8-11)19(28)29)16-5-4-15-17(23-16)24-18(27)22-15/h1-5,11H,6-10H2,(H,28,29)(H2,22,23,24,27)/t11-/m1/s1. The third-order valence-corrected chi connectivity index (χ3v) is 5.84. The van der Waals surface area contributed by atoms with Gasteiger partial charge in [0.15, 0.2) is 5.65 Å². The average molecular weight is 436 g/mol. The van der Waals surface area contributed by atoms with Gasteiger partial charge in [-0.25, -0.2) is 14.6 Å². The number of amides is 1. The van der Waals surface area contributed by atoms with Crippen LogP contribution in [0.15, 0.2) is 35.1 Å². The highest BCUT2D eigenvalue weighted by molar-refractivity contribution is 6.36. The van der Waals surface area contributed by atoms with E-state index >= 15 is 0 Å². The quantitative estimate of drug-likeness (QED) is 0.567. The van der Waals surface area contributed by atoms with E-state index in [2.05, 4.69) is 15.0 Å². The maximum Gasteiger partial charge on any atom is 0.407 e. The maximum atomic E-state index is 11.6. The summed E-state index contributed by atoms with van der Waals surface area (Å²) in [5, 5.41) is 10.3. The highest BCUT2D eigenvalue weighted by Gasteiger charge is 2.28. The maximum absolute atomic E-state index is 11.6. The van der Waals surface area contributed by atoms with Crippen molar-refractivity contribution in [2.24, 2.45) is 5.92 Å². The number of halogens is 2. The first kappa shape index (κ1) is 19.6. The smallest absolute Gasteiger partial charge is 0.407 e. The lowest BCUT2D eigenvalue weighted by atomic mass is 10.1. The topological polar surface area (TPSA) is 105 Å². The van der Waals surface area contributed by atoms with Crippen molar-refractivity contribution in [3.8, 4) is 0 Å². The Hall–Kier alpha value is -2.71. The molecule has 3 aromatic rings. The minimum atomic E-state index is -0.905. The molecule has 3 N–H and O–H groups in total. The van der Waals surface area contributed by atoms with Gasteiger partial charge in [-0.15, -0.1) is 0 Å². The lowest BCUT2D eigenvalue weighted by Crippen LogP contribution is -2.33. The van der Waals surface area contributed by atoms with E-state index in [0.717, 1.165) is 12.0 Å². The molecule has 8 nitrogen and oxygen atoms in total. The molecule has 0 radical (unpaired) electrons. The normalized spacial score (nSPS) is 16.5. The van der Waals surface area contributed by atoms with Crippen molar-refractivity contribution >= 4 is 46.3 Å². The highest BCUT2D eigenvalue weighted by atomic mass is 35.5. The van der Waals surface area contributed by atoms with E-state index in [4.69, 9.17) is 23.2 Å². The van der Waals surface area contributed by atoms with Crippen molar-refractivity contribution in [3.63, 3.8) is 0 Å². The Kier molecular flexibility index (Phi) is 5.38. The van der Waals surface area contributed by atoms with Crippen LogP contribution in [0.25, 0.3) is 11.2 Å². The van der Waals surface area contributed by atoms with E-state index in [9.17, 15) is 14.7 Å². The van der Waals surface area contributed by atoms with Gasteiger partial charge < -0.3 is 19.9 Å². The number of carbonyl (C=O) groups is 1. The van der Waals surface area contributed by atoms with Crippen LogP contribution in [0.5, 0.6) is 0 Å². The number of likely N-dealkylation sites (tertiary alicyclic amines) is 1. The van der Waals surface area contributed by atoms with Gasteiger partial charge in [-0.05, 0) is 36.6 Å². The van der Waals surface area contributed by atoms with Crippen molar-refractivity contribution in [1.82, 2.24) is 19.9 Å². The fraction of sp³-hybridized carbons (Fsp3) is 0.316. The van der Waals surface area contributed by atoms with Gasteiger partial charge in [-0.1, -0.05) is 29.3 Å². The van der Waals surface area contributed by atoms with Crippen LogP contribution >= 0.6 is 23.2 Å². The van der Waals surface area contributed by atoms with E-state index in [-0.39, 0.29) is 11.6 Å². The minimum Gasteiger partial charge on any atom is -0.465 e. The summed E-state index contributed by atoms with van der Waals surface area (Å²) in [4.78, 5) is 36.2. The number of benzene rings is 1. The molecule has 10 heteroatoms. The van der Waals surface area contributed by atoms with Crippen LogP contribution in [0, 0.1) is 5.92 Å². The molecule has 29 heavy (non-hydrogen) atoms. The van der Waals surface area contributed by atoms with Crippen molar-refractivity contribution < 1.29 is 9.90 Å². The first-order valence-corrected chi connectivity index (χ1v) is 9.91. The van der Waals surface area contributed by atoms with Gasteiger partial charge in [-0.2, -0.15) is 0 Å². The first-order chi connectivity index (χ1) is 13.9. The van der Waals surface area contributed by atoms with Gasteiger partial charge in [0, 0.05) is 41.8 Å². The van der Waals surface area contributed by atoms with Crippen LogP contribution in [0.3, 0.4) is 0 Å². The van der Waals surface area contributed by atoms with E-state index in [1.165, 1.54) is 4.90 Å². The predicted molar refractivity (Wildman–Crippen MR) is 112 cm³/mol. The summed E-state index contributed by atoms with van der Waals surface area (Å²) in [6.45, 7) is 1.97. The molecule has 0 saturated carbocycles. The number of imidazole rings is 1. The molecule has 1 saturated heterocycles. The number of pyridine rings is 1. The Morgan fingerprint density at radius 3 is 2.69 bits per heavy atom. The molecule has 1 fully saturated rings. The van der Waals surface area contributed by atoms with E-state index in [1.807, 2.05) is 11.0 Å². The number of aromatic nitrogens is 3. The molecule has 152 valence electrons. The fourth-order valence-electron chi connectivity index (χ4n) is 3.66. The summed E-state index contributed by atoms with van der Waals surface area (Å²) >= 11 is 12.7. The number of rotatable bonds is 5. The number of hydrogen-bond acceptors (Lipinski definition) is 4. The van der Waals surface area contributed by atoms with E-state index in [1.54, 1.807) is 24.3 Å². The van der Waals surface area contributed by atoms with Gasteiger partial charge in [0.05, 0.1) is 5.52 Å². The summed E-state index contributed by atoms with van der Waals surface area (Å²) in [7, 11) is 0. The molecular weight excluding hydrogens is 417 g/mol. The van der Waals surface area contributed by atoms with Crippen LogP contribution < -0.4 is 10.6 Å². The number of aromatic amines is 2. The van der Waals surface area contributed by atoms with Crippen molar-refractivity contribution in [2.45, 2.75) is 13.0 Å². The molecule has 1 aliphatic heterocycles. The Bertz CT molecular complexity index is 1090. The average Bonchev–Trinajstić information content (AvgIpc) is 3.28. The van der Waals surface area contributed by atoms with Crippen LogP contribution in [0.1, 0.15) is 12.0 Å². The van der Waals surface area contributed by atoms with Crippen LogP contribution in [0.4, 0.5) is 10.6 Å². The third-order valence-electron chi connectivity index (χ3n) is 5.13. The lowest BCUT2D eigenvalue weighted by Gasteiger charge is -2.27. The zero-order valence-electron chi connectivity index (χ0n) is 15.4. The van der Waals surface area contributed by atoms with Crippen molar-refractivity contribution in [2.75, 3.05) is 24.5 Å². The summed E-state index contributed by atoms with van der Waals surface area (Å²) in [5.74, 6) is 0.799. The number of anilines is 1. The molecular formula is C19H19Cl2N5O3. The van der Waals surface area contributed by atoms with E-state index < -0.39 is 6.09 Å². The number of H-pyrrole nitrogens is 2. The van der Waals surface area contributed by atoms with Gasteiger partial charge >= 0.3 is 11.8 Å². The number of fused-ring (bicyclic) bond motifs is 1. The molecule has 0 spiro atoms. The number of nitrogens with zero attached hydrogens (tertiary/aromatic N) is 3. The van der Waals surface area contributed by atoms with Crippen LogP contribution in [-0.4, -0.2) is 50.7 Å². The Balaban J connectivity index is 1.66. The summed E-state index contributed by atoms with van der Waals surface area (Å²) in [6, 6.07) is 8.96. The SMILES string of the molecule is O=C(O)N1CC[C@@H](CN(Cc2c(Cl)cccc2Cl)c2ccc3[nH]c(=O)[nH]c3n2)C1. The van der Waals surface area contributed by atoms with E-state index in [0.29, 0.717) is 53.2 Å². The van der Waals surface area contributed by atoms with Gasteiger partial charge in [0.25, 0.3) is 0 Å². The second-order valence-corrected chi connectivity index (χ2v) is 7.92. The molecule has 1 aliphatic rings. The lowest BCUT2D eigenvalue weighted by molar-refractivity contribution is 0.154. The minimum absolute atomic E-state index is 0.148. The highest BCUT2D eigenvalue weighted by Crippen LogP contribution is 2.29. The molecule has 2 aromatic heterocycles. The van der Waals surface area contributed by atoms with Gasteiger partial charge in [0.1, 0.15) is 5.82 Å². The van der Waals surface area contributed by atoms with Crippen LogP contribution in [-0.2, 0) is 6.54 Å². The Morgan fingerprint density at radius 1 is 1.24 bits per heavy atom. The number of hydrogen-bond donors (Lipinski definition) is 3. The zero-order valence-corrected chi connectivity index (χ0v) is 16.9. The zero-order chi connectivity index (χ0) is 20.5. The molecule has 0 aliphatic carbocycles. The monoisotopic (exact) mass is 435 g/mol. The fourth-order valence-corrected chi connectivity index (χ4v) is 4.18. The molecule has 0 bridgehead atoms. The Labute approximate surface area is 176 Å². The molecule has 3 heterocycles. The number of carboxylic acid groups (broad SMARTS) is 1. The largest absolute Gasteiger partial charge is 0.465 e. The molecule has 4 rings (SSSR count). The van der Waals surface area contributed by atoms with Crippen molar-refractivity contribution in [1.29, 1.82) is 0 Å². The summed E-state index contributed by atoms with van der Waals surface area (Å²) in [5.41, 5.74) is 1.53. The first-order valence-electron chi connectivity index (χ1n) is 9.15. The summed E-state index contributed by atoms with van der Waals surface area (Å²) in [6.07, 6.45) is -0.139.